The number of terminal acetylenes is 1. The first-order chi connectivity index (χ1) is 9.11. The molecule has 1 fully saturated rings. The van der Waals surface area contributed by atoms with Gasteiger partial charge in [-0.1, -0.05) is 5.92 Å². The molecule has 0 aromatic rings. The van der Waals surface area contributed by atoms with Gasteiger partial charge in [0.2, 0.25) is 5.91 Å². The summed E-state index contributed by atoms with van der Waals surface area (Å²) in [6.45, 7) is 3.00. The van der Waals surface area contributed by atoms with Gasteiger partial charge in [-0.15, -0.1) is 6.42 Å². The van der Waals surface area contributed by atoms with E-state index in [0.29, 0.717) is 19.0 Å². The van der Waals surface area contributed by atoms with Crippen molar-refractivity contribution in [2.75, 3.05) is 39.3 Å². The van der Waals surface area contributed by atoms with Crippen molar-refractivity contribution in [3.63, 3.8) is 0 Å². The van der Waals surface area contributed by atoms with Crippen molar-refractivity contribution >= 4 is 11.9 Å². The third-order valence-electron chi connectivity index (χ3n) is 3.07. The molecule has 1 aliphatic rings. The normalized spacial score (nSPS) is 19.6. The summed E-state index contributed by atoms with van der Waals surface area (Å²) in [6, 6.07) is 0. The SMILES string of the molecule is C#CCNC(=O)CN1CCCC(CNCC(=O)O)C1. The number of hydrogen-bond donors (Lipinski definition) is 3. The number of carboxylic acid groups (broad SMARTS) is 1. The van der Waals surface area contributed by atoms with Crippen molar-refractivity contribution in [2.45, 2.75) is 12.8 Å². The van der Waals surface area contributed by atoms with Gasteiger partial charge >= 0.3 is 5.97 Å². The van der Waals surface area contributed by atoms with Crippen LogP contribution in [0, 0.1) is 18.3 Å². The molecule has 1 unspecified atom stereocenters. The molecule has 0 bridgehead atoms. The number of aliphatic carboxylic acids is 1. The molecular formula is C13H21N3O3. The number of hydrogen-bond acceptors (Lipinski definition) is 4. The van der Waals surface area contributed by atoms with E-state index in [-0.39, 0.29) is 19.0 Å². The summed E-state index contributed by atoms with van der Waals surface area (Å²) < 4.78 is 0. The maximum absolute atomic E-state index is 11.5. The minimum absolute atomic E-state index is 0.0147. The highest BCUT2D eigenvalue weighted by Crippen LogP contribution is 2.15. The molecule has 1 aliphatic heterocycles. The zero-order valence-corrected chi connectivity index (χ0v) is 11.0. The summed E-state index contributed by atoms with van der Waals surface area (Å²) in [5.41, 5.74) is 0. The van der Waals surface area contributed by atoms with Gasteiger partial charge in [-0.05, 0) is 31.8 Å². The molecule has 0 aromatic heterocycles. The number of rotatable bonds is 7. The lowest BCUT2D eigenvalue weighted by atomic mass is 9.98. The van der Waals surface area contributed by atoms with E-state index in [0.717, 1.165) is 25.9 Å². The number of carbonyl (C=O) groups excluding carboxylic acids is 1. The zero-order valence-electron chi connectivity index (χ0n) is 11.0. The summed E-state index contributed by atoms with van der Waals surface area (Å²) in [7, 11) is 0. The lowest BCUT2D eigenvalue weighted by Gasteiger charge is -2.32. The van der Waals surface area contributed by atoms with E-state index in [1.54, 1.807) is 0 Å². The number of likely N-dealkylation sites (tertiary alicyclic amines) is 1. The van der Waals surface area contributed by atoms with Crippen molar-refractivity contribution in [1.29, 1.82) is 0 Å². The maximum atomic E-state index is 11.5. The van der Waals surface area contributed by atoms with Crippen LogP contribution in [0.1, 0.15) is 12.8 Å². The van der Waals surface area contributed by atoms with E-state index in [2.05, 4.69) is 21.5 Å². The monoisotopic (exact) mass is 267 g/mol. The Labute approximate surface area is 113 Å². The molecule has 0 saturated carbocycles. The van der Waals surface area contributed by atoms with Gasteiger partial charge < -0.3 is 15.7 Å². The number of carboxylic acids is 1. The fraction of sp³-hybridized carbons (Fsp3) is 0.692. The molecule has 0 aromatic carbocycles. The zero-order chi connectivity index (χ0) is 14.1. The lowest BCUT2D eigenvalue weighted by molar-refractivity contribution is -0.136. The quantitative estimate of drug-likeness (QED) is 0.522. The van der Waals surface area contributed by atoms with Gasteiger partial charge in [-0.2, -0.15) is 0 Å². The number of piperidine rings is 1. The first-order valence-corrected chi connectivity index (χ1v) is 6.47. The Morgan fingerprint density at radius 1 is 1.47 bits per heavy atom. The third-order valence-corrected chi connectivity index (χ3v) is 3.07. The molecule has 1 amide bonds. The highest BCUT2D eigenvalue weighted by atomic mass is 16.4. The van der Waals surface area contributed by atoms with Gasteiger partial charge in [0.1, 0.15) is 0 Å². The van der Waals surface area contributed by atoms with Gasteiger partial charge in [0.15, 0.2) is 0 Å². The molecule has 1 heterocycles. The Morgan fingerprint density at radius 2 is 2.26 bits per heavy atom. The second-order valence-corrected chi connectivity index (χ2v) is 4.75. The van der Waals surface area contributed by atoms with Crippen LogP contribution >= 0.6 is 0 Å². The van der Waals surface area contributed by atoms with Crippen molar-refractivity contribution in [3.8, 4) is 12.3 Å². The highest BCUT2D eigenvalue weighted by Gasteiger charge is 2.21. The summed E-state index contributed by atoms with van der Waals surface area (Å²) in [5, 5.41) is 14.1. The van der Waals surface area contributed by atoms with Crippen LogP contribution in [0.2, 0.25) is 0 Å². The summed E-state index contributed by atoms with van der Waals surface area (Å²) >= 11 is 0. The second-order valence-electron chi connectivity index (χ2n) is 4.75. The van der Waals surface area contributed by atoms with E-state index in [1.807, 2.05) is 0 Å². The number of nitrogens with zero attached hydrogens (tertiary/aromatic N) is 1. The minimum Gasteiger partial charge on any atom is -0.480 e. The van der Waals surface area contributed by atoms with E-state index in [4.69, 9.17) is 11.5 Å². The highest BCUT2D eigenvalue weighted by molar-refractivity contribution is 5.78. The largest absolute Gasteiger partial charge is 0.480 e. The molecule has 106 valence electrons. The van der Waals surface area contributed by atoms with Gasteiger partial charge in [-0.3, -0.25) is 14.5 Å². The van der Waals surface area contributed by atoms with E-state index in [9.17, 15) is 9.59 Å². The first-order valence-electron chi connectivity index (χ1n) is 6.47. The van der Waals surface area contributed by atoms with Gasteiger partial charge in [-0.25, -0.2) is 0 Å². The molecule has 1 saturated heterocycles. The van der Waals surface area contributed by atoms with Gasteiger partial charge in [0, 0.05) is 6.54 Å². The van der Waals surface area contributed by atoms with Crippen LogP contribution < -0.4 is 10.6 Å². The molecular weight excluding hydrogens is 246 g/mol. The molecule has 6 heteroatoms. The van der Waals surface area contributed by atoms with Crippen molar-refractivity contribution in [1.82, 2.24) is 15.5 Å². The predicted molar refractivity (Wildman–Crippen MR) is 71.5 cm³/mol. The van der Waals surface area contributed by atoms with Crippen molar-refractivity contribution < 1.29 is 14.7 Å². The Balaban J connectivity index is 2.24. The molecule has 0 radical (unpaired) electrons. The minimum atomic E-state index is -0.846. The van der Waals surface area contributed by atoms with Crippen LogP contribution in [0.3, 0.4) is 0 Å². The molecule has 0 spiro atoms. The molecule has 6 nitrogen and oxygen atoms in total. The standard InChI is InChI=1S/C13H21N3O3/c1-2-5-15-12(17)10-16-6-3-4-11(9-16)7-14-8-13(18)19/h1,11,14H,3-10H2,(H,15,17)(H,18,19). The maximum Gasteiger partial charge on any atom is 0.317 e. The predicted octanol–water partition coefficient (Wildman–Crippen LogP) is -0.878. The van der Waals surface area contributed by atoms with Crippen molar-refractivity contribution in [3.05, 3.63) is 0 Å². The summed E-state index contributed by atoms with van der Waals surface area (Å²) in [4.78, 5) is 24.0. The van der Waals surface area contributed by atoms with Gasteiger partial charge in [0.05, 0.1) is 19.6 Å². The third kappa shape index (κ3) is 6.79. The summed E-state index contributed by atoms with van der Waals surface area (Å²) in [6.07, 6.45) is 7.17. The molecule has 3 N–H and O–H groups in total. The van der Waals surface area contributed by atoms with Crippen LogP contribution in [0.15, 0.2) is 0 Å². The molecule has 1 rings (SSSR count). The van der Waals surface area contributed by atoms with Gasteiger partial charge in [0.25, 0.3) is 0 Å². The van der Waals surface area contributed by atoms with Crippen LogP contribution in [-0.2, 0) is 9.59 Å². The number of carbonyl (C=O) groups is 2. The Bertz CT molecular complexity index is 352. The molecule has 1 atom stereocenters. The fourth-order valence-corrected chi connectivity index (χ4v) is 2.25. The van der Waals surface area contributed by atoms with E-state index >= 15 is 0 Å². The number of amides is 1. The fourth-order valence-electron chi connectivity index (χ4n) is 2.25. The second kappa shape index (κ2) is 8.51. The Morgan fingerprint density at radius 3 is 2.95 bits per heavy atom. The smallest absolute Gasteiger partial charge is 0.317 e. The molecule has 19 heavy (non-hydrogen) atoms. The average molecular weight is 267 g/mol. The Kier molecular flexibility index (Phi) is 6.93. The lowest BCUT2D eigenvalue weighted by Crippen LogP contribution is -2.45. The van der Waals surface area contributed by atoms with E-state index in [1.165, 1.54) is 0 Å². The van der Waals surface area contributed by atoms with Crippen LogP contribution in [0.25, 0.3) is 0 Å². The van der Waals surface area contributed by atoms with Crippen LogP contribution in [0.4, 0.5) is 0 Å². The van der Waals surface area contributed by atoms with Crippen LogP contribution in [-0.4, -0.2) is 61.2 Å². The van der Waals surface area contributed by atoms with Crippen LogP contribution in [0.5, 0.6) is 0 Å². The van der Waals surface area contributed by atoms with E-state index < -0.39 is 5.97 Å². The summed E-state index contributed by atoms with van der Waals surface area (Å²) in [5.74, 6) is 1.86. The molecule has 0 aliphatic carbocycles. The Hall–Kier alpha value is -1.58. The first kappa shape index (κ1) is 15.5. The topological polar surface area (TPSA) is 81.7 Å². The van der Waals surface area contributed by atoms with Crippen molar-refractivity contribution in [2.24, 2.45) is 5.92 Å². The number of nitrogens with one attached hydrogen (secondary N) is 2. The average Bonchev–Trinajstić information content (AvgIpc) is 2.36.